The molecule has 1 atom stereocenters. The molecule has 4 nitrogen and oxygen atoms in total. The minimum atomic E-state index is 0.220. The van der Waals surface area contributed by atoms with Gasteiger partial charge in [0.15, 0.2) is 0 Å². The highest BCUT2D eigenvalue weighted by Crippen LogP contribution is 2.26. The van der Waals surface area contributed by atoms with E-state index in [4.69, 9.17) is 0 Å². The van der Waals surface area contributed by atoms with Gasteiger partial charge in [-0.3, -0.25) is 0 Å². The Hall–Kier alpha value is -2.14. The van der Waals surface area contributed by atoms with E-state index in [-0.39, 0.29) is 6.04 Å². The molecule has 0 aliphatic carbocycles. The standard InChI is InChI=1S/C16H15BrN4/c1-12(15-4-2-3-5-16(15)17)20-13-6-8-14(9-7-13)21-11-18-10-19-21/h2-12,20H,1H3. The summed E-state index contributed by atoms with van der Waals surface area (Å²) in [6, 6.07) is 16.6. The predicted molar refractivity (Wildman–Crippen MR) is 87.5 cm³/mol. The van der Waals surface area contributed by atoms with E-state index < -0.39 is 0 Å². The molecule has 21 heavy (non-hydrogen) atoms. The Balaban J connectivity index is 1.75. The molecule has 1 unspecified atom stereocenters. The number of rotatable bonds is 4. The summed E-state index contributed by atoms with van der Waals surface area (Å²) in [6.45, 7) is 2.14. The van der Waals surface area contributed by atoms with E-state index in [0.717, 1.165) is 15.8 Å². The smallest absolute Gasteiger partial charge is 0.138 e. The number of anilines is 1. The Labute approximate surface area is 132 Å². The number of nitrogens with zero attached hydrogens (tertiary/aromatic N) is 3. The predicted octanol–water partition coefficient (Wildman–Crippen LogP) is 4.20. The molecular weight excluding hydrogens is 328 g/mol. The molecule has 0 spiro atoms. The number of aromatic nitrogens is 3. The Morgan fingerprint density at radius 3 is 2.52 bits per heavy atom. The van der Waals surface area contributed by atoms with Crippen LogP contribution in [0, 0.1) is 0 Å². The van der Waals surface area contributed by atoms with Crippen molar-refractivity contribution in [1.29, 1.82) is 0 Å². The molecule has 3 aromatic rings. The van der Waals surface area contributed by atoms with E-state index in [9.17, 15) is 0 Å². The van der Waals surface area contributed by atoms with Crippen LogP contribution in [0.5, 0.6) is 0 Å². The van der Waals surface area contributed by atoms with Gasteiger partial charge in [0.2, 0.25) is 0 Å². The molecule has 106 valence electrons. The molecular formula is C16H15BrN4. The zero-order valence-corrected chi connectivity index (χ0v) is 13.2. The third-order valence-corrected chi connectivity index (χ3v) is 4.03. The third kappa shape index (κ3) is 3.13. The second-order valence-electron chi connectivity index (χ2n) is 4.77. The second kappa shape index (κ2) is 6.10. The van der Waals surface area contributed by atoms with Crippen molar-refractivity contribution in [2.24, 2.45) is 0 Å². The maximum atomic E-state index is 4.12. The summed E-state index contributed by atoms with van der Waals surface area (Å²) in [7, 11) is 0. The van der Waals surface area contributed by atoms with Crippen molar-refractivity contribution in [2.75, 3.05) is 5.32 Å². The number of nitrogens with one attached hydrogen (secondary N) is 1. The lowest BCUT2D eigenvalue weighted by atomic mass is 10.1. The minimum absolute atomic E-state index is 0.220. The van der Waals surface area contributed by atoms with Gasteiger partial charge >= 0.3 is 0 Å². The molecule has 0 aliphatic heterocycles. The molecule has 1 aromatic heterocycles. The van der Waals surface area contributed by atoms with Crippen LogP contribution >= 0.6 is 15.9 Å². The van der Waals surface area contributed by atoms with E-state index in [1.165, 1.54) is 11.9 Å². The van der Waals surface area contributed by atoms with Gasteiger partial charge in [-0.25, -0.2) is 9.67 Å². The van der Waals surface area contributed by atoms with Gasteiger partial charge < -0.3 is 5.32 Å². The summed E-state index contributed by atoms with van der Waals surface area (Å²) < 4.78 is 2.85. The van der Waals surface area contributed by atoms with Gasteiger partial charge in [0.05, 0.1) is 5.69 Å². The molecule has 5 heteroatoms. The van der Waals surface area contributed by atoms with Crippen LogP contribution in [0.3, 0.4) is 0 Å². The summed E-state index contributed by atoms with van der Waals surface area (Å²) in [5.74, 6) is 0. The van der Waals surface area contributed by atoms with Crippen molar-refractivity contribution in [3.05, 3.63) is 71.2 Å². The number of hydrogen-bond acceptors (Lipinski definition) is 3. The van der Waals surface area contributed by atoms with Crippen molar-refractivity contribution in [3.8, 4) is 5.69 Å². The highest BCUT2D eigenvalue weighted by Gasteiger charge is 2.08. The largest absolute Gasteiger partial charge is 0.378 e. The molecule has 0 radical (unpaired) electrons. The van der Waals surface area contributed by atoms with Crippen LogP contribution in [0.25, 0.3) is 5.69 Å². The molecule has 1 heterocycles. The van der Waals surface area contributed by atoms with Crippen molar-refractivity contribution < 1.29 is 0 Å². The molecule has 0 saturated heterocycles. The molecule has 0 aliphatic rings. The Morgan fingerprint density at radius 2 is 1.86 bits per heavy atom. The fourth-order valence-electron chi connectivity index (χ4n) is 2.21. The first kappa shape index (κ1) is 13.8. The lowest BCUT2D eigenvalue weighted by Crippen LogP contribution is -2.07. The van der Waals surface area contributed by atoms with E-state index >= 15 is 0 Å². The highest BCUT2D eigenvalue weighted by atomic mass is 79.9. The Morgan fingerprint density at radius 1 is 1.10 bits per heavy atom. The SMILES string of the molecule is CC(Nc1ccc(-n2cncn2)cc1)c1ccccc1Br. The first-order valence-electron chi connectivity index (χ1n) is 6.70. The lowest BCUT2D eigenvalue weighted by Gasteiger charge is -2.17. The molecule has 0 saturated carbocycles. The van der Waals surface area contributed by atoms with Crippen LogP contribution in [-0.2, 0) is 0 Å². The second-order valence-corrected chi connectivity index (χ2v) is 5.63. The van der Waals surface area contributed by atoms with Crippen molar-refractivity contribution in [2.45, 2.75) is 13.0 Å². The van der Waals surface area contributed by atoms with Gasteiger partial charge in [-0.1, -0.05) is 34.1 Å². The van der Waals surface area contributed by atoms with Crippen LogP contribution in [0.1, 0.15) is 18.5 Å². The summed E-state index contributed by atoms with van der Waals surface area (Å²) >= 11 is 3.59. The maximum absolute atomic E-state index is 4.12. The number of hydrogen-bond donors (Lipinski definition) is 1. The van der Waals surface area contributed by atoms with Gasteiger partial charge in [-0.05, 0) is 42.8 Å². The fourth-order valence-corrected chi connectivity index (χ4v) is 2.83. The summed E-state index contributed by atoms with van der Waals surface area (Å²) in [5, 5.41) is 7.61. The highest BCUT2D eigenvalue weighted by molar-refractivity contribution is 9.10. The maximum Gasteiger partial charge on any atom is 0.138 e. The van der Waals surface area contributed by atoms with Crippen molar-refractivity contribution in [3.63, 3.8) is 0 Å². The van der Waals surface area contributed by atoms with Crippen LogP contribution in [0.2, 0.25) is 0 Å². The molecule has 2 aromatic carbocycles. The molecule has 1 N–H and O–H groups in total. The number of benzene rings is 2. The van der Waals surface area contributed by atoms with E-state index in [1.54, 1.807) is 11.0 Å². The zero-order chi connectivity index (χ0) is 14.7. The topological polar surface area (TPSA) is 42.7 Å². The number of halogens is 1. The quantitative estimate of drug-likeness (QED) is 0.772. The van der Waals surface area contributed by atoms with Crippen LogP contribution in [0.15, 0.2) is 65.7 Å². The first-order valence-corrected chi connectivity index (χ1v) is 7.49. The van der Waals surface area contributed by atoms with E-state index in [0.29, 0.717) is 0 Å². The summed E-state index contributed by atoms with van der Waals surface area (Å²) in [5.41, 5.74) is 3.30. The fraction of sp³-hybridized carbons (Fsp3) is 0.125. The summed E-state index contributed by atoms with van der Waals surface area (Å²) in [4.78, 5) is 3.95. The van der Waals surface area contributed by atoms with E-state index in [2.05, 4.69) is 50.4 Å². The normalized spacial score (nSPS) is 12.1. The Kier molecular flexibility index (Phi) is 4.01. The van der Waals surface area contributed by atoms with Crippen molar-refractivity contribution in [1.82, 2.24) is 14.8 Å². The van der Waals surface area contributed by atoms with Crippen LogP contribution < -0.4 is 5.32 Å². The van der Waals surface area contributed by atoms with Crippen molar-refractivity contribution >= 4 is 21.6 Å². The lowest BCUT2D eigenvalue weighted by molar-refractivity contribution is 0.870. The molecule has 0 bridgehead atoms. The van der Waals surface area contributed by atoms with Crippen LogP contribution in [-0.4, -0.2) is 14.8 Å². The Bertz CT molecular complexity index is 707. The van der Waals surface area contributed by atoms with Gasteiger partial charge in [0.1, 0.15) is 12.7 Å². The summed E-state index contributed by atoms with van der Waals surface area (Å²) in [6.07, 6.45) is 3.22. The minimum Gasteiger partial charge on any atom is -0.378 e. The molecule has 3 rings (SSSR count). The molecule has 0 fully saturated rings. The average molecular weight is 343 g/mol. The molecule has 0 amide bonds. The van der Waals surface area contributed by atoms with E-state index in [1.807, 2.05) is 36.4 Å². The van der Waals surface area contributed by atoms with Crippen LogP contribution in [0.4, 0.5) is 5.69 Å². The van der Waals surface area contributed by atoms with Gasteiger partial charge in [0.25, 0.3) is 0 Å². The monoisotopic (exact) mass is 342 g/mol. The van der Waals surface area contributed by atoms with Gasteiger partial charge in [-0.2, -0.15) is 5.10 Å². The van der Waals surface area contributed by atoms with Gasteiger partial charge in [-0.15, -0.1) is 0 Å². The average Bonchev–Trinajstić information content (AvgIpc) is 3.02. The zero-order valence-electron chi connectivity index (χ0n) is 11.6. The third-order valence-electron chi connectivity index (χ3n) is 3.31. The first-order chi connectivity index (χ1) is 10.2. The van der Waals surface area contributed by atoms with Gasteiger partial charge in [0, 0.05) is 16.2 Å².